The largest absolute Gasteiger partial charge is 0.496 e. The molecule has 0 fully saturated rings. The van der Waals surface area contributed by atoms with Gasteiger partial charge in [0.05, 0.1) is 43.9 Å². The predicted octanol–water partition coefficient (Wildman–Crippen LogP) is 8.04. The molecule has 1 unspecified atom stereocenters. The summed E-state index contributed by atoms with van der Waals surface area (Å²) in [6, 6.07) is 14.9. The average Bonchev–Trinajstić information content (AvgIpc) is 3.86. The SMILES string of the molecule is C=C(C)[C@H]1Cc2c(ccc3c2O[C@@H]2COc4cc(C)c(OC)cc4[C@@H]2C3=O)O1.COc1cc2c(cc1C)OC[C@H]1Oc3c(ccc4c3C[C@H](C(C)C[18F])O4)C(=O)[C@@H]21. The second-order valence-electron chi connectivity index (χ2n) is 15.8. The summed E-state index contributed by atoms with van der Waals surface area (Å²) >= 11 is 0. The van der Waals surface area contributed by atoms with Crippen molar-refractivity contribution >= 4 is 11.6 Å². The number of carbonyl (C=O) groups excluding carboxylic acids is 2. The number of hydrogen-bond acceptors (Lipinski definition) is 10. The Morgan fingerprint density at radius 1 is 0.737 bits per heavy atom. The minimum absolute atomic E-state index is 0.0106. The number of hydrogen-bond donors (Lipinski definition) is 0. The molecule has 0 radical (unpaired) electrons. The molecule has 0 bridgehead atoms. The lowest BCUT2D eigenvalue weighted by Gasteiger charge is -2.37. The van der Waals surface area contributed by atoms with Gasteiger partial charge in [0.1, 0.15) is 83.6 Å². The minimum Gasteiger partial charge on any atom is -0.496 e. The zero-order valence-corrected chi connectivity index (χ0v) is 32.9. The van der Waals surface area contributed by atoms with Crippen molar-refractivity contribution in [2.75, 3.05) is 34.1 Å². The Hall–Kier alpha value is -5.71. The second-order valence-corrected chi connectivity index (χ2v) is 15.8. The van der Waals surface area contributed by atoms with Crippen molar-refractivity contribution < 1.29 is 51.9 Å². The quantitative estimate of drug-likeness (QED) is 0.185. The maximum Gasteiger partial charge on any atom is 0.178 e. The fourth-order valence-electron chi connectivity index (χ4n) is 8.89. The van der Waals surface area contributed by atoms with Crippen LogP contribution in [0, 0.1) is 19.8 Å². The molecular formula is C46H45FO10. The number of rotatable bonds is 5. The van der Waals surface area contributed by atoms with Gasteiger partial charge < -0.3 is 37.9 Å². The Morgan fingerprint density at radius 2 is 1.23 bits per heavy atom. The summed E-state index contributed by atoms with van der Waals surface area (Å²) in [7, 11) is 3.24. The Balaban J connectivity index is 0.000000148. The fourth-order valence-corrected chi connectivity index (χ4v) is 8.89. The summed E-state index contributed by atoms with van der Waals surface area (Å²) in [4.78, 5) is 27.0. The molecule has 0 aliphatic carbocycles. The van der Waals surface area contributed by atoms with Crippen LogP contribution in [0.1, 0.15) is 79.8 Å². The Morgan fingerprint density at radius 3 is 1.70 bits per heavy atom. The number of methoxy groups -OCH3 is 2. The molecule has 0 amide bonds. The molecular weight excluding hydrogens is 730 g/mol. The number of alkyl halides is 1. The van der Waals surface area contributed by atoms with Crippen LogP contribution in [-0.2, 0) is 12.8 Å². The highest BCUT2D eigenvalue weighted by Gasteiger charge is 2.47. The van der Waals surface area contributed by atoms with E-state index in [-0.39, 0.29) is 35.8 Å². The second kappa shape index (κ2) is 14.0. The zero-order valence-electron chi connectivity index (χ0n) is 32.9. The first-order valence-electron chi connectivity index (χ1n) is 19.4. The molecule has 296 valence electrons. The van der Waals surface area contributed by atoms with E-state index in [0.717, 1.165) is 62.0 Å². The molecule has 4 aromatic rings. The van der Waals surface area contributed by atoms with Gasteiger partial charge in [0.15, 0.2) is 11.6 Å². The standard InChI is InChI=1S/C23H23FO5.C23H22O5/c1-11-6-19-14(7-17(11)26-3)21-20(10-27-19)29-23-13(22(21)25)4-5-16-15(23)8-18(28-16)12(2)9-24;1-11(2)17-9-15-16(27-17)6-5-13-22(24)21-14-8-18(25-4)12(3)7-19(14)26-10-20(21)28-23(13)15/h4-7,12,18,20-21H,8-10H2,1-3H3;5-8,17,20-21H,1,9-10H2,2-4H3/t12?,18-,20-,21+;17-,20-,21+/m11/s1/i24-1;. The Kier molecular flexibility index (Phi) is 9.09. The van der Waals surface area contributed by atoms with Gasteiger partial charge in [0.2, 0.25) is 0 Å². The van der Waals surface area contributed by atoms with E-state index in [1.807, 2.05) is 64.1 Å². The highest BCUT2D eigenvalue weighted by Crippen LogP contribution is 2.51. The third kappa shape index (κ3) is 5.96. The van der Waals surface area contributed by atoms with Crippen molar-refractivity contribution in [2.45, 2.75) is 76.8 Å². The molecule has 7 atom stereocenters. The lowest BCUT2D eigenvalue weighted by Crippen LogP contribution is -2.43. The third-order valence-electron chi connectivity index (χ3n) is 12.1. The minimum atomic E-state index is -0.447. The maximum absolute atomic E-state index is 13.5. The molecule has 57 heavy (non-hydrogen) atoms. The molecule has 0 saturated carbocycles. The molecule has 11 heteroatoms. The molecule has 4 aromatic carbocycles. The maximum atomic E-state index is 13.5. The number of carbonyl (C=O) groups is 2. The Bertz CT molecular complexity index is 2350. The normalized spacial score (nSPS) is 24.4. The van der Waals surface area contributed by atoms with Gasteiger partial charge in [0, 0.05) is 41.0 Å². The molecule has 10 nitrogen and oxygen atoms in total. The van der Waals surface area contributed by atoms with E-state index < -0.39 is 24.6 Å². The third-order valence-corrected chi connectivity index (χ3v) is 12.1. The number of benzene rings is 4. The molecule has 0 spiro atoms. The van der Waals surface area contributed by atoms with E-state index >= 15 is 0 Å². The van der Waals surface area contributed by atoms with Gasteiger partial charge in [0.25, 0.3) is 0 Å². The number of halogens is 1. The summed E-state index contributed by atoms with van der Waals surface area (Å²) in [6.45, 7) is 11.9. The number of aryl methyl sites for hydroxylation is 2. The van der Waals surface area contributed by atoms with Crippen molar-refractivity contribution in [1.82, 2.24) is 0 Å². The number of ketones is 2. The van der Waals surface area contributed by atoms with Crippen molar-refractivity contribution in [2.24, 2.45) is 5.92 Å². The molecule has 6 heterocycles. The van der Waals surface area contributed by atoms with E-state index in [0.29, 0.717) is 60.2 Å². The summed E-state index contributed by atoms with van der Waals surface area (Å²) in [6.07, 6.45) is 0.109. The topological polar surface area (TPSA) is 108 Å². The first kappa shape index (κ1) is 36.9. The monoisotopic (exact) mass is 775 g/mol. The molecule has 6 aliphatic rings. The summed E-state index contributed by atoms with van der Waals surface area (Å²) in [5.74, 6) is 4.55. The van der Waals surface area contributed by atoms with Crippen LogP contribution in [0.15, 0.2) is 60.7 Å². The van der Waals surface area contributed by atoms with Crippen LogP contribution in [0.2, 0.25) is 0 Å². The van der Waals surface area contributed by atoms with Gasteiger partial charge in [-0.25, -0.2) is 0 Å². The van der Waals surface area contributed by atoms with Crippen molar-refractivity contribution in [3.05, 3.63) is 105 Å². The summed E-state index contributed by atoms with van der Waals surface area (Å²) in [5, 5.41) is 0. The zero-order chi connectivity index (χ0) is 39.9. The number of Topliss-reactive ketones (excluding diaryl/α,β-unsaturated/α-hetero) is 2. The highest BCUT2D eigenvalue weighted by atomic mass is 18.2. The summed E-state index contributed by atoms with van der Waals surface area (Å²) < 4.78 is 60.4. The van der Waals surface area contributed by atoms with E-state index in [2.05, 4.69) is 6.58 Å². The van der Waals surface area contributed by atoms with Crippen molar-refractivity contribution in [1.29, 1.82) is 0 Å². The van der Waals surface area contributed by atoms with Crippen LogP contribution >= 0.6 is 0 Å². The molecule has 10 rings (SSSR count). The first-order valence-corrected chi connectivity index (χ1v) is 19.4. The van der Waals surface area contributed by atoms with Crippen LogP contribution in [0.4, 0.5) is 4.39 Å². The molecule has 0 N–H and O–H groups in total. The highest BCUT2D eigenvalue weighted by molar-refractivity contribution is 6.06. The van der Waals surface area contributed by atoms with Crippen LogP contribution in [0.25, 0.3) is 0 Å². The van der Waals surface area contributed by atoms with Crippen LogP contribution in [0.5, 0.6) is 46.0 Å². The van der Waals surface area contributed by atoms with E-state index in [1.54, 1.807) is 26.4 Å². The number of fused-ring (bicyclic) bond motifs is 12. The Labute approximate surface area is 330 Å². The lowest BCUT2D eigenvalue weighted by molar-refractivity contribution is 0.0550. The van der Waals surface area contributed by atoms with Crippen LogP contribution in [0.3, 0.4) is 0 Å². The van der Waals surface area contributed by atoms with Gasteiger partial charge in [-0.05, 0) is 86.0 Å². The smallest absolute Gasteiger partial charge is 0.178 e. The predicted molar refractivity (Wildman–Crippen MR) is 209 cm³/mol. The van der Waals surface area contributed by atoms with E-state index in [4.69, 9.17) is 37.9 Å². The van der Waals surface area contributed by atoms with Crippen LogP contribution in [-0.4, -0.2) is 70.1 Å². The summed E-state index contributed by atoms with van der Waals surface area (Å²) in [5.41, 5.74) is 7.47. The van der Waals surface area contributed by atoms with E-state index in [9.17, 15) is 14.0 Å². The first-order chi connectivity index (χ1) is 27.5. The van der Waals surface area contributed by atoms with Crippen molar-refractivity contribution in [3.8, 4) is 46.0 Å². The van der Waals surface area contributed by atoms with Gasteiger partial charge in [-0.2, -0.15) is 0 Å². The lowest BCUT2D eigenvalue weighted by atomic mass is 9.81. The van der Waals surface area contributed by atoms with Crippen LogP contribution < -0.4 is 37.9 Å². The molecule has 0 saturated heterocycles. The van der Waals surface area contributed by atoms with Gasteiger partial charge >= 0.3 is 0 Å². The van der Waals surface area contributed by atoms with Gasteiger partial charge in [-0.3, -0.25) is 14.0 Å². The van der Waals surface area contributed by atoms with E-state index in [1.165, 1.54) is 0 Å². The van der Waals surface area contributed by atoms with Crippen molar-refractivity contribution in [3.63, 3.8) is 0 Å². The number of ether oxygens (including phenoxy) is 8. The fraction of sp³-hybridized carbons (Fsp3) is 0.391. The average molecular weight is 776 g/mol. The molecule has 6 aliphatic heterocycles. The van der Waals surface area contributed by atoms with Gasteiger partial charge in [-0.15, -0.1) is 0 Å². The molecule has 0 aromatic heterocycles. The van der Waals surface area contributed by atoms with Gasteiger partial charge in [-0.1, -0.05) is 13.5 Å².